The second-order valence-electron chi connectivity index (χ2n) is 13.2. The number of fused-ring (bicyclic) bond motifs is 5. The van der Waals surface area contributed by atoms with Gasteiger partial charge in [0, 0.05) is 11.3 Å². The van der Waals surface area contributed by atoms with E-state index in [9.17, 15) is 35.4 Å². The molecule has 0 unspecified atom stereocenters. The van der Waals surface area contributed by atoms with Crippen molar-refractivity contribution in [3.63, 3.8) is 0 Å². The first kappa shape index (κ1) is 27.0. The number of rotatable bonds is 5. The highest BCUT2D eigenvalue weighted by atomic mass is 16.3. The molecule has 0 amide bonds. The van der Waals surface area contributed by atoms with Crippen LogP contribution in [0.5, 0.6) is 0 Å². The van der Waals surface area contributed by atoms with E-state index in [-0.39, 0.29) is 24.5 Å². The molecule has 4 rings (SSSR count). The lowest BCUT2D eigenvalue weighted by Gasteiger charge is -2.60. The summed E-state index contributed by atoms with van der Waals surface area (Å²) in [6.45, 7) is 12.6. The molecule has 0 aliphatic heterocycles. The highest BCUT2D eigenvalue weighted by Gasteiger charge is 2.69. The number of carbonyl (C=O) groups is 1. The molecule has 0 aromatic carbocycles. The Morgan fingerprint density at radius 2 is 1.74 bits per heavy atom. The summed E-state index contributed by atoms with van der Waals surface area (Å²) >= 11 is 0. The highest BCUT2D eigenvalue weighted by Crippen LogP contribution is 2.68. The molecule has 7 nitrogen and oxygen atoms in total. The zero-order valence-electron chi connectivity index (χ0n) is 21.8. The summed E-state index contributed by atoms with van der Waals surface area (Å²) in [6, 6.07) is 0. The van der Waals surface area contributed by atoms with Gasteiger partial charge < -0.3 is 30.6 Å². The Hall–Kier alpha value is -1.09. The largest absolute Gasteiger partial charge is 0.390 e. The topological polar surface area (TPSA) is 138 Å². The van der Waals surface area contributed by atoms with Crippen molar-refractivity contribution in [1.29, 1.82) is 0 Å². The average Bonchev–Trinajstić information content (AvgIpc) is 3.01. The van der Waals surface area contributed by atoms with Crippen molar-refractivity contribution in [3.05, 3.63) is 23.8 Å². The first-order chi connectivity index (χ1) is 15.9. The number of aliphatic hydroxyl groups is 6. The van der Waals surface area contributed by atoms with Crippen LogP contribution < -0.4 is 0 Å². The standard InChI is InChI=1S/C28H44O7/c1-15(24(2,3)33)11-23(32)27(6,34)22-8-10-28(35)17-12-19(29)18-13-20(30)21(31)14-25(18,4)16(17)7-9-26(22,28)5/h12,16,18,20-23,30-35H,1,7-11,13-14H2,2-6H3/t16-,18+,20+,21-,22-,23+,25+,26-,27-,28+/m0/s1. The van der Waals surface area contributed by atoms with E-state index in [2.05, 4.69) is 6.58 Å². The van der Waals surface area contributed by atoms with Gasteiger partial charge in [-0.1, -0.05) is 20.4 Å². The minimum atomic E-state index is -1.54. The molecule has 4 aliphatic rings. The summed E-state index contributed by atoms with van der Waals surface area (Å²) in [6.07, 6.45) is 1.27. The number of hydrogen-bond acceptors (Lipinski definition) is 7. The molecule has 35 heavy (non-hydrogen) atoms. The fraction of sp³-hybridized carbons (Fsp3) is 0.821. The van der Waals surface area contributed by atoms with Crippen LogP contribution in [0.15, 0.2) is 23.8 Å². The summed E-state index contributed by atoms with van der Waals surface area (Å²) in [5, 5.41) is 65.9. The van der Waals surface area contributed by atoms with Gasteiger partial charge in [0.2, 0.25) is 0 Å². The van der Waals surface area contributed by atoms with E-state index in [1.165, 1.54) is 0 Å². The molecule has 0 aromatic heterocycles. The van der Waals surface area contributed by atoms with Crippen LogP contribution >= 0.6 is 0 Å². The molecule has 0 heterocycles. The molecular formula is C28H44O7. The first-order valence-electron chi connectivity index (χ1n) is 13.0. The molecule has 0 aromatic rings. The van der Waals surface area contributed by atoms with Gasteiger partial charge in [-0.2, -0.15) is 0 Å². The van der Waals surface area contributed by atoms with Crippen LogP contribution in [0.4, 0.5) is 0 Å². The minimum Gasteiger partial charge on any atom is -0.390 e. The van der Waals surface area contributed by atoms with E-state index < -0.39 is 57.8 Å². The third-order valence-corrected chi connectivity index (χ3v) is 10.8. The molecule has 0 bridgehead atoms. The van der Waals surface area contributed by atoms with E-state index in [1.54, 1.807) is 26.8 Å². The zero-order chi connectivity index (χ0) is 26.4. The molecule has 0 saturated heterocycles. The Morgan fingerprint density at radius 1 is 1.11 bits per heavy atom. The van der Waals surface area contributed by atoms with Crippen molar-refractivity contribution >= 4 is 5.78 Å². The van der Waals surface area contributed by atoms with Crippen LogP contribution in [0.25, 0.3) is 0 Å². The van der Waals surface area contributed by atoms with E-state index in [0.29, 0.717) is 43.3 Å². The van der Waals surface area contributed by atoms with Crippen LogP contribution in [0, 0.1) is 28.6 Å². The van der Waals surface area contributed by atoms with E-state index in [1.807, 2.05) is 13.8 Å². The van der Waals surface area contributed by atoms with Gasteiger partial charge in [-0.25, -0.2) is 0 Å². The lowest BCUT2D eigenvalue weighted by molar-refractivity contribution is -0.175. The Balaban J connectivity index is 1.67. The minimum absolute atomic E-state index is 0.0330. The number of aliphatic hydroxyl groups excluding tert-OH is 3. The predicted molar refractivity (Wildman–Crippen MR) is 131 cm³/mol. The fourth-order valence-corrected chi connectivity index (χ4v) is 8.23. The van der Waals surface area contributed by atoms with E-state index in [4.69, 9.17) is 0 Å². The van der Waals surface area contributed by atoms with Crippen molar-refractivity contribution < 1.29 is 35.4 Å². The summed E-state index contributed by atoms with van der Waals surface area (Å²) in [5.41, 5.74) is -4.27. The molecule has 7 heteroatoms. The van der Waals surface area contributed by atoms with Gasteiger partial charge in [0.05, 0.1) is 35.1 Å². The Labute approximate surface area is 208 Å². The van der Waals surface area contributed by atoms with Crippen molar-refractivity contribution in [3.8, 4) is 0 Å². The maximum Gasteiger partial charge on any atom is 0.159 e. The third-order valence-electron chi connectivity index (χ3n) is 10.8. The maximum absolute atomic E-state index is 13.3. The Kier molecular flexibility index (Phi) is 6.32. The average molecular weight is 493 g/mol. The Bertz CT molecular complexity index is 932. The van der Waals surface area contributed by atoms with Crippen LogP contribution in [-0.4, -0.2) is 71.5 Å². The lowest BCUT2D eigenvalue weighted by Crippen LogP contribution is -2.62. The number of ketones is 1. The quantitative estimate of drug-likeness (QED) is 0.323. The molecule has 10 atom stereocenters. The van der Waals surface area contributed by atoms with Gasteiger partial charge in [0.25, 0.3) is 0 Å². The second-order valence-corrected chi connectivity index (χ2v) is 13.2. The van der Waals surface area contributed by atoms with Gasteiger partial charge in [0.1, 0.15) is 0 Å². The zero-order valence-corrected chi connectivity index (χ0v) is 21.8. The fourth-order valence-electron chi connectivity index (χ4n) is 8.23. The lowest BCUT2D eigenvalue weighted by atomic mass is 9.45. The van der Waals surface area contributed by atoms with Crippen molar-refractivity contribution in [2.24, 2.45) is 28.6 Å². The molecule has 0 radical (unpaired) electrons. The number of allylic oxidation sites excluding steroid dienone is 1. The molecule has 0 spiro atoms. The SMILES string of the molecule is C=C(C[C@@H](O)[C@@](C)(O)[C@H]1CC[C@@]2(O)C3=CC(=O)[C@H]4C[C@@H](O)[C@@H](O)C[C@]4(C)[C@H]3CC[C@@]12C)C(C)(C)O. The monoisotopic (exact) mass is 492 g/mol. The smallest absolute Gasteiger partial charge is 0.159 e. The summed E-state index contributed by atoms with van der Waals surface area (Å²) in [4.78, 5) is 13.3. The van der Waals surface area contributed by atoms with E-state index >= 15 is 0 Å². The molecule has 3 saturated carbocycles. The highest BCUT2D eigenvalue weighted by molar-refractivity contribution is 5.95. The molecule has 4 aliphatic carbocycles. The van der Waals surface area contributed by atoms with Gasteiger partial charge in [-0.15, -0.1) is 0 Å². The molecule has 198 valence electrons. The van der Waals surface area contributed by atoms with Crippen molar-refractivity contribution in [2.75, 3.05) is 0 Å². The van der Waals surface area contributed by atoms with Gasteiger partial charge >= 0.3 is 0 Å². The Morgan fingerprint density at radius 3 is 2.34 bits per heavy atom. The van der Waals surface area contributed by atoms with Crippen LogP contribution in [0.2, 0.25) is 0 Å². The van der Waals surface area contributed by atoms with Gasteiger partial charge in [-0.3, -0.25) is 4.79 Å². The molecular weight excluding hydrogens is 448 g/mol. The third kappa shape index (κ3) is 3.80. The van der Waals surface area contributed by atoms with Gasteiger partial charge in [-0.05, 0) is 100 Å². The molecule has 3 fully saturated rings. The normalized spacial score (nSPS) is 46.1. The second kappa shape index (κ2) is 8.20. The summed E-state index contributed by atoms with van der Waals surface area (Å²) < 4.78 is 0. The van der Waals surface area contributed by atoms with Crippen LogP contribution in [-0.2, 0) is 4.79 Å². The maximum atomic E-state index is 13.3. The predicted octanol–water partition coefficient (Wildman–Crippen LogP) is 2.02. The van der Waals surface area contributed by atoms with Crippen LogP contribution in [0.3, 0.4) is 0 Å². The number of hydrogen-bond donors (Lipinski definition) is 6. The van der Waals surface area contributed by atoms with Crippen molar-refractivity contribution in [2.45, 2.75) is 115 Å². The van der Waals surface area contributed by atoms with Crippen molar-refractivity contribution in [1.82, 2.24) is 0 Å². The molecule has 6 N–H and O–H groups in total. The van der Waals surface area contributed by atoms with E-state index in [0.717, 1.165) is 0 Å². The summed E-state index contributed by atoms with van der Waals surface area (Å²) in [7, 11) is 0. The number of carbonyl (C=O) groups excluding carboxylic acids is 1. The van der Waals surface area contributed by atoms with Gasteiger partial charge in [0.15, 0.2) is 5.78 Å². The van der Waals surface area contributed by atoms with Crippen LogP contribution in [0.1, 0.15) is 79.6 Å². The summed E-state index contributed by atoms with van der Waals surface area (Å²) in [5.74, 6) is -1.04. The first-order valence-corrected chi connectivity index (χ1v) is 13.0.